The van der Waals surface area contributed by atoms with Gasteiger partial charge in [-0.3, -0.25) is 0 Å². The molecule has 1 aromatic heterocycles. The zero-order valence-electron chi connectivity index (χ0n) is 16.8. The Hall–Kier alpha value is -3.05. The van der Waals surface area contributed by atoms with Crippen molar-refractivity contribution in [2.75, 3.05) is 5.32 Å². The molecule has 3 aromatic carbocycles. The number of rotatable bonds is 5. The van der Waals surface area contributed by atoms with Crippen LogP contribution in [0.2, 0.25) is 0 Å². The smallest absolute Gasteiger partial charge is 0.224 e. The molecule has 1 N–H and O–H groups in total. The third-order valence-corrected chi connectivity index (χ3v) is 6.25. The number of aromatic nitrogens is 2. The maximum absolute atomic E-state index is 13.4. The van der Waals surface area contributed by atoms with Gasteiger partial charge >= 0.3 is 0 Å². The molecule has 0 saturated heterocycles. The third-order valence-electron chi connectivity index (χ3n) is 5.70. The van der Waals surface area contributed by atoms with Crippen molar-refractivity contribution in [3.05, 3.63) is 113 Å². The summed E-state index contributed by atoms with van der Waals surface area (Å²) in [4.78, 5) is 9.47. The predicted molar refractivity (Wildman–Crippen MR) is 126 cm³/mol. The number of halogens is 2. The van der Waals surface area contributed by atoms with Gasteiger partial charge in [-0.15, -0.1) is 0 Å². The van der Waals surface area contributed by atoms with Crippen LogP contribution in [0.3, 0.4) is 0 Å². The van der Waals surface area contributed by atoms with Crippen LogP contribution in [0.15, 0.2) is 85.1 Å². The van der Waals surface area contributed by atoms with Crippen LogP contribution in [0.4, 0.5) is 10.3 Å². The minimum absolute atomic E-state index is 0.0266. The lowest BCUT2D eigenvalue weighted by atomic mass is 9.78. The van der Waals surface area contributed by atoms with Crippen molar-refractivity contribution in [2.45, 2.75) is 23.7 Å². The molecule has 4 aromatic rings. The van der Waals surface area contributed by atoms with Crippen molar-refractivity contribution in [1.82, 2.24) is 9.97 Å². The van der Waals surface area contributed by atoms with Crippen LogP contribution in [0, 0.1) is 5.82 Å². The van der Waals surface area contributed by atoms with Crippen LogP contribution in [0.5, 0.6) is 0 Å². The molecular weight excluding hydrogens is 453 g/mol. The van der Waals surface area contributed by atoms with Crippen LogP contribution in [0.25, 0.3) is 11.3 Å². The Morgan fingerprint density at radius 1 is 0.968 bits per heavy atom. The maximum Gasteiger partial charge on any atom is 0.224 e. The molecular formula is C26H21BrFN3. The summed E-state index contributed by atoms with van der Waals surface area (Å²) in [6.07, 6.45) is 3.53. The van der Waals surface area contributed by atoms with Crippen molar-refractivity contribution in [3.63, 3.8) is 0 Å². The first-order valence-corrected chi connectivity index (χ1v) is 11.2. The number of fused-ring (bicyclic) bond motifs is 3. The van der Waals surface area contributed by atoms with E-state index in [0.29, 0.717) is 5.95 Å². The average molecular weight is 474 g/mol. The number of benzene rings is 3. The molecule has 2 unspecified atom stereocenters. The predicted octanol–water partition coefficient (Wildman–Crippen LogP) is 6.35. The zero-order chi connectivity index (χ0) is 21.2. The Morgan fingerprint density at radius 2 is 1.71 bits per heavy atom. The average Bonchev–Trinajstić information content (AvgIpc) is 2.80. The second-order valence-corrected chi connectivity index (χ2v) is 8.87. The Balaban J connectivity index is 1.43. The van der Waals surface area contributed by atoms with Crippen LogP contribution in [-0.4, -0.2) is 14.9 Å². The summed E-state index contributed by atoms with van der Waals surface area (Å²) >= 11 is 3.70. The van der Waals surface area contributed by atoms with Crippen molar-refractivity contribution in [3.8, 4) is 11.3 Å². The number of hydrogen-bond donors (Lipinski definition) is 1. The van der Waals surface area contributed by atoms with Gasteiger partial charge in [-0.1, -0.05) is 82.7 Å². The topological polar surface area (TPSA) is 37.8 Å². The summed E-state index contributed by atoms with van der Waals surface area (Å²) in [6, 6.07) is 25.4. The lowest BCUT2D eigenvalue weighted by molar-refractivity contribution is 0.626. The zero-order valence-corrected chi connectivity index (χ0v) is 18.4. The highest BCUT2D eigenvalue weighted by Gasteiger charge is 2.27. The van der Waals surface area contributed by atoms with Crippen molar-refractivity contribution >= 4 is 21.9 Å². The largest absolute Gasteiger partial charge is 0.341 e. The van der Waals surface area contributed by atoms with E-state index in [9.17, 15) is 4.39 Å². The fourth-order valence-corrected chi connectivity index (χ4v) is 4.79. The fraction of sp³-hybridized carbons (Fsp3) is 0.154. The molecule has 0 fully saturated rings. The van der Waals surface area contributed by atoms with Gasteiger partial charge in [-0.25, -0.2) is 14.4 Å². The van der Waals surface area contributed by atoms with Crippen LogP contribution < -0.4 is 5.32 Å². The summed E-state index contributed by atoms with van der Waals surface area (Å²) in [7, 11) is 0. The molecule has 0 bridgehead atoms. The third kappa shape index (κ3) is 4.23. The monoisotopic (exact) mass is 473 g/mol. The number of nitrogens with one attached hydrogen (secondary N) is 1. The van der Waals surface area contributed by atoms with Gasteiger partial charge in [0, 0.05) is 24.1 Å². The van der Waals surface area contributed by atoms with E-state index >= 15 is 0 Å². The van der Waals surface area contributed by atoms with Crippen LogP contribution >= 0.6 is 15.9 Å². The molecule has 154 valence electrons. The highest BCUT2D eigenvalue weighted by Crippen LogP contribution is 2.41. The van der Waals surface area contributed by atoms with Gasteiger partial charge < -0.3 is 5.32 Å². The summed E-state index contributed by atoms with van der Waals surface area (Å²) in [5, 5.41) is 3.37. The molecule has 0 radical (unpaired) electrons. The Morgan fingerprint density at radius 3 is 2.52 bits per heavy atom. The van der Waals surface area contributed by atoms with Gasteiger partial charge in [0.05, 0.1) is 10.6 Å². The lowest BCUT2D eigenvalue weighted by Crippen LogP contribution is -2.19. The normalized spacial score (nSPS) is 15.6. The molecule has 5 rings (SSSR count). The summed E-state index contributed by atoms with van der Waals surface area (Å²) in [6.45, 7) is 0. The molecule has 1 aliphatic carbocycles. The Kier molecular flexibility index (Phi) is 5.51. The summed E-state index contributed by atoms with van der Waals surface area (Å²) in [5.41, 5.74) is 6.73. The standard InChI is InChI=1S/C26H21BrFN3/c27-24(14-17-6-2-1-3-7-17)30-26-29-16-19-15-23(18-10-12-20(28)13-11-18)21-8-4-5-9-22(21)25(19)31-26/h1-13,16,23-24H,14-15H2,(H,29,30,31). The quantitative estimate of drug-likeness (QED) is 0.271. The van der Waals surface area contributed by atoms with E-state index in [1.54, 1.807) is 0 Å². The fourth-order valence-electron chi connectivity index (χ4n) is 4.21. The molecule has 31 heavy (non-hydrogen) atoms. The molecule has 2 atom stereocenters. The van der Waals surface area contributed by atoms with Gasteiger partial charge in [0.25, 0.3) is 0 Å². The van der Waals surface area contributed by atoms with Gasteiger partial charge in [-0.2, -0.15) is 0 Å². The molecule has 1 aliphatic rings. The molecule has 0 spiro atoms. The molecule has 0 saturated carbocycles. The van der Waals surface area contributed by atoms with Gasteiger partial charge in [0.1, 0.15) is 5.82 Å². The molecule has 3 nitrogen and oxygen atoms in total. The molecule has 1 heterocycles. The first-order chi connectivity index (χ1) is 15.2. The Labute approximate surface area is 189 Å². The van der Waals surface area contributed by atoms with E-state index < -0.39 is 0 Å². The van der Waals surface area contributed by atoms with Gasteiger partial charge in [0.15, 0.2) is 0 Å². The maximum atomic E-state index is 13.4. The number of nitrogens with zero attached hydrogens (tertiary/aromatic N) is 2. The number of hydrogen-bond acceptors (Lipinski definition) is 3. The van der Waals surface area contributed by atoms with Gasteiger partial charge in [0.2, 0.25) is 5.95 Å². The van der Waals surface area contributed by atoms with Crippen LogP contribution in [-0.2, 0) is 12.8 Å². The van der Waals surface area contributed by atoms with Gasteiger partial charge in [-0.05, 0) is 40.8 Å². The SMILES string of the molecule is Fc1ccc(C2Cc3cnc(NC(Br)Cc4ccccc4)nc3-c3ccccc32)cc1. The first-order valence-electron chi connectivity index (χ1n) is 10.3. The van der Waals surface area contributed by atoms with E-state index in [4.69, 9.17) is 4.98 Å². The number of alkyl halides is 1. The Bertz CT molecular complexity index is 1190. The van der Waals surface area contributed by atoms with E-state index in [0.717, 1.165) is 35.2 Å². The highest BCUT2D eigenvalue weighted by molar-refractivity contribution is 9.09. The van der Waals surface area contributed by atoms with Crippen molar-refractivity contribution in [1.29, 1.82) is 0 Å². The summed E-state index contributed by atoms with van der Waals surface area (Å²) in [5.74, 6) is 0.549. The number of anilines is 1. The van der Waals surface area contributed by atoms with Crippen LogP contribution in [0.1, 0.15) is 28.2 Å². The minimum Gasteiger partial charge on any atom is -0.341 e. The van der Waals surface area contributed by atoms with E-state index in [1.165, 1.54) is 23.3 Å². The molecule has 0 aliphatic heterocycles. The lowest BCUT2D eigenvalue weighted by Gasteiger charge is -2.27. The summed E-state index contributed by atoms with van der Waals surface area (Å²) < 4.78 is 13.4. The minimum atomic E-state index is -0.216. The highest BCUT2D eigenvalue weighted by atomic mass is 79.9. The van der Waals surface area contributed by atoms with E-state index in [-0.39, 0.29) is 16.7 Å². The molecule has 5 heteroatoms. The van der Waals surface area contributed by atoms with E-state index in [2.05, 4.69) is 56.6 Å². The van der Waals surface area contributed by atoms with E-state index in [1.807, 2.05) is 42.6 Å². The van der Waals surface area contributed by atoms with Crippen molar-refractivity contribution in [2.24, 2.45) is 0 Å². The second kappa shape index (κ2) is 8.60. The first kappa shape index (κ1) is 19.9. The molecule has 0 amide bonds. The van der Waals surface area contributed by atoms with Crippen molar-refractivity contribution < 1.29 is 4.39 Å². The second-order valence-electron chi connectivity index (χ2n) is 7.76.